The number of anilines is 2. The summed E-state index contributed by atoms with van der Waals surface area (Å²) in [5, 5.41) is 13.2. The molecule has 0 aliphatic heterocycles. The number of nitrogens with zero attached hydrogens (tertiary/aromatic N) is 1. The van der Waals surface area contributed by atoms with Crippen molar-refractivity contribution < 1.29 is 9.53 Å². The number of hydrogen-bond acceptors (Lipinski definition) is 6. The maximum atomic E-state index is 11.8. The van der Waals surface area contributed by atoms with Gasteiger partial charge in [0.25, 0.3) is 5.91 Å². The average molecular weight is 309 g/mol. The zero-order valence-corrected chi connectivity index (χ0v) is 13.0. The molecule has 114 valence electrons. The number of nitrogens with one attached hydrogen (secondary N) is 3. The van der Waals surface area contributed by atoms with Gasteiger partial charge in [0.05, 0.1) is 12.3 Å². The molecule has 0 saturated carbocycles. The Bertz CT molecular complexity index is 606. The van der Waals surface area contributed by atoms with E-state index in [0.29, 0.717) is 22.9 Å². The number of hydrogen-bond donors (Lipinski definition) is 4. The van der Waals surface area contributed by atoms with E-state index in [1.807, 2.05) is 13.8 Å². The van der Waals surface area contributed by atoms with E-state index in [0.717, 1.165) is 10.6 Å². The number of nitrogens with two attached hydrogens (primary N) is 1. The first-order valence-electron chi connectivity index (χ1n) is 6.55. The van der Waals surface area contributed by atoms with Crippen molar-refractivity contribution in [3.63, 3.8) is 0 Å². The van der Waals surface area contributed by atoms with Crippen molar-refractivity contribution in [1.29, 1.82) is 0 Å². The molecule has 0 unspecified atom stereocenters. The largest absolute Gasteiger partial charge is 0.486 e. The molecule has 0 spiro atoms. The molecule has 0 aliphatic rings. The van der Waals surface area contributed by atoms with E-state index in [2.05, 4.69) is 20.8 Å². The lowest BCUT2D eigenvalue weighted by Gasteiger charge is -2.12. The quantitative estimate of drug-likeness (QED) is 0.651. The van der Waals surface area contributed by atoms with E-state index >= 15 is 0 Å². The molecular weight excluding hydrogens is 290 g/mol. The van der Waals surface area contributed by atoms with Crippen molar-refractivity contribution >= 4 is 27.9 Å². The molecule has 0 saturated heterocycles. The van der Waals surface area contributed by atoms with Gasteiger partial charge in [0.1, 0.15) is 15.6 Å². The minimum absolute atomic E-state index is 0.0334. The number of aromatic nitrogens is 2. The van der Waals surface area contributed by atoms with Crippen LogP contribution in [0.4, 0.5) is 10.7 Å². The second-order valence-electron chi connectivity index (χ2n) is 4.71. The molecule has 2 aromatic heterocycles. The smallest absolute Gasteiger partial charge is 0.263 e. The topological polar surface area (TPSA) is 105 Å². The fourth-order valence-electron chi connectivity index (χ4n) is 1.74. The van der Waals surface area contributed by atoms with Gasteiger partial charge in [0, 0.05) is 25.4 Å². The first-order valence-corrected chi connectivity index (χ1v) is 7.37. The Balaban J connectivity index is 2.26. The van der Waals surface area contributed by atoms with E-state index in [9.17, 15) is 4.79 Å². The molecule has 2 aromatic rings. The highest BCUT2D eigenvalue weighted by molar-refractivity contribution is 7.19. The summed E-state index contributed by atoms with van der Waals surface area (Å²) in [5.74, 6) is 0.305. The molecule has 2 heterocycles. The lowest BCUT2D eigenvalue weighted by molar-refractivity contribution is 0.0967. The number of H-pyrrole nitrogens is 1. The van der Waals surface area contributed by atoms with Gasteiger partial charge in [-0.05, 0) is 13.8 Å². The van der Waals surface area contributed by atoms with Crippen LogP contribution in [-0.2, 0) is 6.54 Å². The van der Waals surface area contributed by atoms with E-state index < -0.39 is 0 Å². The Morgan fingerprint density at radius 1 is 1.57 bits per heavy atom. The summed E-state index contributed by atoms with van der Waals surface area (Å²) in [7, 11) is 1.57. The number of ether oxygens (including phenoxy) is 1. The van der Waals surface area contributed by atoms with Gasteiger partial charge in [-0.25, -0.2) is 0 Å². The molecule has 0 aliphatic carbocycles. The molecule has 0 bridgehead atoms. The predicted molar refractivity (Wildman–Crippen MR) is 83.8 cm³/mol. The third kappa shape index (κ3) is 3.46. The van der Waals surface area contributed by atoms with Crippen LogP contribution >= 0.6 is 11.3 Å². The molecule has 0 atom stereocenters. The lowest BCUT2D eigenvalue weighted by Crippen LogP contribution is -2.17. The summed E-state index contributed by atoms with van der Waals surface area (Å²) in [6.45, 7) is 4.39. The highest BCUT2D eigenvalue weighted by Gasteiger charge is 2.22. The zero-order valence-electron chi connectivity index (χ0n) is 12.2. The summed E-state index contributed by atoms with van der Waals surface area (Å²) in [5.41, 5.74) is 7.41. The molecule has 2 rings (SSSR count). The predicted octanol–water partition coefficient (Wildman–Crippen LogP) is 1.81. The number of aromatic amines is 1. The molecule has 0 radical (unpaired) electrons. The minimum Gasteiger partial charge on any atom is -0.486 e. The van der Waals surface area contributed by atoms with E-state index in [4.69, 9.17) is 10.5 Å². The van der Waals surface area contributed by atoms with E-state index in [1.54, 1.807) is 19.4 Å². The number of carbonyl (C=O) groups is 1. The maximum absolute atomic E-state index is 11.8. The standard InChI is InChI=1S/C13H19N5O2S/c1-7(2)20-10-9(14)11(12(19)15-3)21-13(10)16-4-8-5-17-18-6-8/h5-7,16H,4,14H2,1-3H3,(H,15,19)(H,17,18). The first-order chi connectivity index (χ1) is 10.0. The summed E-state index contributed by atoms with van der Waals surface area (Å²) in [6, 6.07) is 0. The average Bonchev–Trinajstić information content (AvgIpc) is 3.06. The SMILES string of the molecule is CNC(=O)c1sc(NCc2cn[nH]c2)c(OC(C)C)c1N. The summed E-state index contributed by atoms with van der Waals surface area (Å²) in [4.78, 5) is 12.3. The molecule has 5 N–H and O–H groups in total. The van der Waals surface area contributed by atoms with Crippen LogP contribution in [0.25, 0.3) is 0 Å². The number of thiophene rings is 1. The summed E-state index contributed by atoms with van der Waals surface area (Å²) in [6.07, 6.45) is 3.49. The molecule has 8 heteroatoms. The van der Waals surface area contributed by atoms with E-state index in [1.165, 1.54) is 11.3 Å². The van der Waals surface area contributed by atoms with Gasteiger partial charge in [-0.1, -0.05) is 0 Å². The lowest BCUT2D eigenvalue weighted by atomic mass is 10.3. The van der Waals surface area contributed by atoms with Gasteiger partial charge < -0.3 is 21.1 Å². The minimum atomic E-state index is -0.220. The molecular formula is C13H19N5O2S. The normalized spacial score (nSPS) is 10.7. The Morgan fingerprint density at radius 2 is 2.33 bits per heavy atom. The molecule has 21 heavy (non-hydrogen) atoms. The van der Waals surface area contributed by atoms with Crippen LogP contribution in [0, 0.1) is 0 Å². The zero-order chi connectivity index (χ0) is 15.4. The van der Waals surface area contributed by atoms with Crippen LogP contribution in [0.3, 0.4) is 0 Å². The van der Waals surface area contributed by atoms with Gasteiger partial charge in [-0.2, -0.15) is 5.10 Å². The van der Waals surface area contributed by atoms with Gasteiger partial charge >= 0.3 is 0 Å². The van der Waals surface area contributed by atoms with Crippen LogP contribution in [-0.4, -0.2) is 29.3 Å². The number of carbonyl (C=O) groups excluding carboxylic acids is 1. The fraction of sp³-hybridized carbons (Fsp3) is 0.385. The van der Waals surface area contributed by atoms with Crippen LogP contribution in [0.1, 0.15) is 29.1 Å². The van der Waals surface area contributed by atoms with Crippen molar-refractivity contribution in [2.75, 3.05) is 18.1 Å². The molecule has 0 aromatic carbocycles. The van der Waals surface area contributed by atoms with Crippen molar-refractivity contribution in [1.82, 2.24) is 15.5 Å². The van der Waals surface area contributed by atoms with Gasteiger partial charge in [-0.15, -0.1) is 11.3 Å². The first kappa shape index (κ1) is 15.2. The maximum Gasteiger partial charge on any atom is 0.263 e. The van der Waals surface area contributed by atoms with Crippen LogP contribution < -0.4 is 21.1 Å². The number of rotatable bonds is 6. The van der Waals surface area contributed by atoms with Crippen molar-refractivity contribution in [3.05, 3.63) is 22.8 Å². The second-order valence-corrected chi connectivity index (χ2v) is 5.73. The van der Waals surface area contributed by atoms with Crippen molar-refractivity contribution in [2.24, 2.45) is 0 Å². The van der Waals surface area contributed by atoms with Crippen LogP contribution in [0.2, 0.25) is 0 Å². The Morgan fingerprint density at radius 3 is 2.90 bits per heavy atom. The Kier molecular flexibility index (Phi) is 4.69. The fourth-order valence-corrected chi connectivity index (χ4v) is 2.73. The third-order valence-electron chi connectivity index (χ3n) is 2.69. The van der Waals surface area contributed by atoms with Gasteiger partial charge in [0.15, 0.2) is 5.75 Å². The van der Waals surface area contributed by atoms with Gasteiger partial charge in [0.2, 0.25) is 0 Å². The van der Waals surface area contributed by atoms with Crippen LogP contribution in [0.15, 0.2) is 12.4 Å². The van der Waals surface area contributed by atoms with Crippen LogP contribution in [0.5, 0.6) is 5.75 Å². The molecule has 7 nitrogen and oxygen atoms in total. The van der Waals surface area contributed by atoms with Crippen molar-refractivity contribution in [2.45, 2.75) is 26.5 Å². The Hall–Kier alpha value is -2.22. The van der Waals surface area contributed by atoms with Gasteiger partial charge in [-0.3, -0.25) is 9.89 Å². The Labute approximate surface area is 126 Å². The molecule has 1 amide bonds. The number of nitrogen functional groups attached to an aromatic ring is 1. The number of amides is 1. The summed E-state index contributed by atoms with van der Waals surface area (Å²) >= 11 is 1.28. The highest BCUT2D eigenvalue weighted by Crippen LogP contribution is 2.43. The summed E-state index contributed by atoms with van der Waals surface area (Å²) < 4.78 is 5.74. The highest BCUT2D eigenvalue weighted by atomic mass is 32.1. The second kappa shape index (κ2) is 6.49. The van der Waals surface area contributed by atoms with E-state index in [-0.39, 0.29) is 12.0 Å². The monoisotopic (exact) mass is 309 g/mol. The molecule has 0 fully saturated rings. The third-order valence-corrected chi connectivity index (χ3v) is 3.84. The van der Waals surface area contributed by atoms with Crippen molar-refractivity contribution in [3.8, 4) is 5.75 Å².